The van der Waals surface area contributed by atoms with Gasteiger partial charge in [0.1, 0.15) is 5.82 Å². The van der Waals surface area contributed by atoms with Crippen molar-refractivity contribution < 1.29 is 19.1 Å². The molecule has 21 heavy (non-hydrogen) atoms. The Morgan fingerprint density at radius 2 is 2.14 bits per heavy atom. The second kappa shape index (κ2) is 6.19. The number of rotatable bonds is 4. The van der Waals surface area contributed by atoms with Crippen LogP contribution in [0.5, 0.6) is 5.75 Å². The minimum atomic E-state index is -0.525. The molecule has 0 fully saturated rings. The summed E-state index contributed by atoms with van der Waals surface area (Å²) in [4.78, 5) is 17.3. The molecule has 1 aromatic carbocycles. The van der Waals surface area contributed by atoms with Crippen LogP contribution in [0.2, 0.25) is 0 Å². The van der Waals surface area contributed by atoms with Crippen molar-refractivity contribution in [1.82, 2.24) is 4.98 Å². The molecule has 1 aromatic heterocycles. The first-order valence-electron chi connectivity index (χ1n) is 6.07. The molecular formula is C14H14FN3O3. The number of ether oxygens (including phenoxy) is 1. The molecule has 0 aliphatic rings. The topological polar surface area (TPSA) is 74.7 Å². The van der Waals surface area contributed by atoms with Gasteiger partial charge in [0.15, 0.2) is 11.6 Å². The van der Waals surface area contributed by atoms with E-state index in [1.165, 1.54) is 55.5 Å². The molecule has 0 bridgehead atoms. The number of aromatic nitrogens is 1. The standard InChI is InChI=1S/C14H14FN3O3/c1-9(19)18(14-7-10(17-20)5-6-16-14)11-3-4-12(15)13(8-11)21-2/h3-8,20H,1-2H3,(H,16,17). The number of nitrogens with zero attached hydrogens (tertiary/aromatic N) is 2. The number of halogens is 1. The van der Waals surface area contributed by atoms with Crippen molar-refractivity contribution in [2.75, 3.05) is 17.5 Å². The average molecular weight is 291 g/mol. The van der Waals surface area contributed by atoms with Crippen LogP contribution in [-0.4, -0.2) is 23.2 Å². The van der Waals surface area contributed by atoms with Gasteiger partial charge in [-0.15, -0.1) is 0 Å². The maximum atomic E-state index is 13.5. The van der Waals surface area contributed by atoms with Crippen molar-refractivity contribution in [3.8, 4) is 5.75 Å². The molecule has 2 N–H and O–H groups in total. The van der Waals surface area contributed by atoms with Gasteiger partial charge in [-0.3, -0.25) is 20.4 Å². The van der Waals surface area contributed by atoms with Gasteiger partial charge in [-0.2, -0.15) is 0 Å². The maximum absolute atomic E-state index is 13.5. The molecule has 0 saturated heterocycles. The van der Waals surface area contributed by atoms with Gasteiger partial charge < -0.3 is 4.74 Å². The molecule has 0 unspecified atom stereocenters. The van der Waals surface area contributed by atoms with E-state index in [1.807, 2.05) is 5.48 Å². The fraction of sp³-hybridized carbons (Fsp3) is 0.143. The van der Waals surface area contributed by atoms with Crippen LogP contribution in [0.15, 0.2) is 36.5 Å². The molecule has 0 saturated carbocycles. The van der Waals surface area contributed by atoms with Gasteiger partial charge in [0, 0.05) is 25.3 Å². The Hall–Kier alpha value is -2.67. The van der Waals surface area contributed by atoms with Crippen LogP contribution < -0.4 is 15.1 Å². The first-order chi connectivity index (χ1) is 10.1. The Morgan fingerprint density at radius 1 is 1.38 bits per heavy atom. The van der Waals surface area contributed by atoms with Crippen LogP contribution in [-0.2, 0) is 4.79 Å². The lowest BCUT2D eigenvalue weighted by Gasteiger charge is -2.21. The van der Waals surface area contributed by atoms with Crippen molar-refractivity contribution in [3.05, 3.63) is 42.3 Å². The summed E-state index contributed by atoms with van der Waals surface area (Å²) in [6.45, 7) is 1.36. The van der Waals surface area contributed by atoms with Gasteiger partial charge in [0.2, 0.25) is 5.91 Å². The summed E-state index contributed by atoms with van der Waals surface area (Å²) in [5.74, 6) is -0.528. The molecule has 2 aromatic rings. The predicted molar refractivity (Wildman–Crippen MR) is 75.4 cm³/mol. The highest BCUT2D eigenvalue weighted by atomic mass is 19.1. The molecule has 7 heteroatoms. The summed E-state index contributed by atoms with van der Waals surface area (Å²) >= 11 is 0. The van der Waals surface area contributed by atoms with Crippen LogP contribution in [0.3, 0.4) is 0 Å². The summed E-state index contributed by atoms with van der Waals surface area (Å²) < 4.78 is 18.4. The lowest BCUT2D eigenvalue weighted by atomic mass is 10.2. The van der Waals surface area contributed by atoms with E-state index in [4.69, 9.17) is 9.94 Å². The second-order valence-corrected chi connectivity index (χ2v) is 4.19. The van der Waals surface area contributed by atoms with E-state index in [-0.39, 0.29) is 17.5 Å². The van der Waals surface area contributed by atoms with Gasteiger partial charge in [-0.25, -0.2) is 9.37 Å². The largest absolute Gasteiger partial charge is 0.494 e. The number of hydrogen-bond donors (Lipinski definition) is 2. The van der Waals surface area contributed by atoms with Crippen molar-refractivity contribution in [2.24, 2.45) is 0 Å². The third kappa shape index (κ3) is 3.09. The molecule has 2 rings (SSSR count). The van der Waals surface area contributed by atoms with E-state index >= 15 is 0 Å². The zero-order chi connectivity index (χ0) is 15.4. The Morgan fingerprint density at radius 3 is 2.76 bits per heavy atom. The van der Waals surface area contributed by atoms with Gasteiger partial charge in [-0.1, -0.05) is 0 Å². The number of amides is 1. The van der Waals surface area contributed by atoms with Gasteiger partial charge in [0.05, 0.1) is 18.5 Å². The first-order valence-corrected chi connectivity index (χ1v) is 6.07. The van der Waals surface area contributed by atoms with Gasteiger partial charge in [-0.05, 0) is 18.2 Å². The van der Waals surface area contributed by atoms with Gasteiger partial charge >= 0.3 is 0 Å². The number of benzene rings is 1. The van der Waals surface area contributed by atoms with E-state index in [9.17, 15) is 9.18 Å². The number of carbonyl (C=O) groups is 1. The molecular weight excluding hydrogens is 277 g/mol. The maximum Gasteiger partial charge on any atom is 0.229 e. The minimum Gasteiger partial charge on any atom is -0.494 e. The van der Waals surface area contributed by atoms with Crippen LogP contribution in [0.4, 0.5) is 21.6 Å². The zero-order valence-electron chi connectivity index (χ0n) is 11.5. The highest BCUT2D eigenvalue weighted by Crippen LogP contribution is 2.30. The number of hydrogen-bond acceptors (Lipinski definition) is 5. The molecule has 0 atom stereocenters. The average Bonchev–Trinajstić information content (AvgIpc) is 2.49. The van der Waals surface area contributed by atoms with Gasteiger partial charge in [0.25, 0.3) is 0 Å². The third-order valence-electron chi connectivity index (χ3n) is 2.81. The number of anilines is 3. The van der Waals surface area contributed by atoms with Crippen LogP contribution in [0.1, 0.15) is 6.92 Å². The highest BCUT2D eigenvalue weighted by Gasteiger charge is 2.17. The lowest BCUT2D eigenvalue weighted by Crippen LogP contribution is -2.23. The highest BCUT2D eigenvalue weighted by molar-refractivity contribution is 5.98. The van der Waals surface area contributed by atoms with E-state index in [0.29, 0.717) is 11.4 Å². The van der Waals surface area contributed by atoms with Crippen molar-refractivity contribution in [1.29, 1.82) is 0 Å². The fourth-order valence-corrected chi connectivity index (χ4v) is 1.87. The van der Waals surface area contributed by atoms with Crippen molar-refractivity contribution >= 4 is 23.1 Å². The van der Waals surface area contributed by atoms with E-state index in [2.05, 4.69) is 4.98 Å². The Bertz CT molecular complexity index is 664. The van der Waals surface area contributed by atoms with E-state index < -0.39 is 5.82 Å². The Kier molecular flexibility index (Phi) is 4.34. The van der Waals surface area contributed by atoms with Crippen molar-refractivity contribution in [3.63, 3.8) is 0 Å². The number of methoxy groups -OCH3 is 1. The van der Waals surface area contributed by atoms with E-state index in [0.717, 1.165) is 0 Å². The molecule has 0 radical (unpaired) electrons. The zero-order valence-corrected chi connectivity index (χ0v) is 11.5. The lowest BCUT2D eigenvalue weighted by molar-refractivity contribution is -0.115. The summed E-state index contributed by atoms with van der Waals surface area (Å²) in [5, 5.41) is 8.92. The van der Waals surface area contributed by atoms with Crippen LogP contribution >= 0.6 is 0 Å². The van der Waals surface area contributed by atoms with Crippen molar-refractivity contribution in [2.45, 2.75) is 6.92 Å². The first kappa shape index (κ1) is 14.7. The fourth-order valence-electron chi connectivity index (χ4n) is 1.87. The summed E-state index contributed by atoms with van der Waals surface area (Å²) in [5.41, 5.74) is 2.76. The molecule has 6 nitrogen and oxygen atoms in total. The minimum absolute atomic E-state index is 0.0233. The van der Waals surface area contributed by atoms with Crippen LogP contribution in [0, 0.1) is 5.82 Å². The molecule has 0 spiro atoms. The van der Waals surface area contributed by atoms with Crippen LogP contribution in [0.25, 0.3) is 0 Å². The quantitative estimate of drug-likeness (QED) is 0.847. The van der Waals surface area contributed by atoms with E-state index in [1.54, 1.807) is 0 Å². The predicted octanol–water partition coefficient (Wildman–Crippen LogP) is 2.72. The second-order valence-electron chi connectivity index (χ2n) is 4.19. The Balaban J connectivity index is 2.50. The summed E-state index contributed by atoms with van der Waals surface area (Å²) in [6, 6.07) is 7.07. The smallest absolute Gasteiger partial charge is 0.229 e. The SMILES string of the molecule is COc1cc(N(C(C)=O)c2cc(NO)ccn2)ccc1F. The molecule has 0 aliphatic carbocycles. The molecule has 110 valence electrons. The molecule has 1 heterocycles. The number of nitrogens with one attached hydrogen (secondary N) is 1. The Labute approximate surface area is 120 Å². The third-order valence-corrected chi connectivity index (χ3v) is 2.81. The number of carbonyl (C=O) groups excluding carboxylic acids is 1. The number of pyridine rings is 1. The summed E-state index contributed by atoms with van der Waals surface area (Å²) in [6.07, 6.45) is 1.44. The summed E-state index contributed by atoms with van der Waals surface area (Å²) in [7, 11) is 1.34. The monoisotopic (exact) mass is 291 g/mol. The molecule has 1 amide bonds. The molecule has 0 aliphatic heterocycles. The normalized spacial score (nSPS) is 10.1.